The zero-order chi connectivity index (χ0) is 18.9. The highest BCUT2D eigenvalue weighted by atomic mass is 79.9. The number of carbonyl (C=O) groups is 2. The molecule has 6 nitrogen and oxygen atoms in total. The summed E-state index contributed by atoms with van der Waals surface area (Å²) in [4.78, 5) is 28.6. The van der Waals surface area contributed by atoms with E-state index in [1.807, 2.05) is 24.3 Å². The highest BCUT2D eigenvalue weighted by Gasteiger charge is 2.23. The lowest BCUT2D eigenvalue weighted by Crippen LogP contribution is -2.19. The lowest BCUT2D eigenvalue weighted by molar-refractivity contribution is -0.143. The van der Waals surface area contributed by atoms with Crippen LogP contribution in [0.5, 0.6) is 5.75 Å². The summed E-state index contributed by atoms with van der Waals surface area (Å²) in [6.45, 7) is 2.05. The van der Waals surface area contributed by atoms with E-state index in [-0.39, 0.29) is 30.6 Å². The van der Waals surface area contributed by atoms with Crippen LogP contribution >= 0.6 is 15.9 Å². The third-order valence-electron chi connectivity index (χ3n) is 3.72. The Morgan fingerprint density at radius 3 is 2.62 bits per heavy atom. The summed E-state index contributed by atoms with van der Waals surface area (Å²) in [5.74, 6) is 0.142. The Bertz CT molecular complexity index is 749. The number of amides is 1. The molecule has 26 heavy (non-hydrogen) atoms. The summed E-state index contributed by atoms with van der Waals surface area (Å²) in [7, 11) is 1.56. The van der Waals surface area contributed by atoms with Gasteiger partial charge < -0.3 is 14.8 Å². The first-order valence-corrected chi connectivity index (χ1v) is 9.02. The molecule has 7 heteroatoms. The lowest BCUT2D eigenvalue weighted by Gasteiger charge is -2.19. The molecule has 0 radical (unpaired) electrons. The molecule has 1 aromatic carbocycles. The van der Waals surface area contributed by atoms with Gasteiger partial charge in [0.25, 0.3) is 0 Å². The predicted octanol–water partition coefficient (Wildman–Crippen LogP) is 3.92. The van der Waals surface area contributed by atoms with Crippen LogP contribution in [0.1, 0.15) is 31.2 Å². The summed E-state index contributed by atoms with van der Waals surface area (Å²) < 4.78 is 11.3. The molecule has 0 fully saturated rings. The zero-order valence-electron chi connectivity index (χ0n) is 14.7. The van der Waals surface area contributed by atoms with Crippen molar-refractivity contribution in [3.05, 3.63) is 52.6 Å². The lowest BCUT2D eigenvalue weighted by atomic mass is 9.91. The molecule has 1 atom stereocenters. The number of esters is 1. The number of benzene rings is 1. The third kappa shape index (κ3) is 5.84. The first-order chi connectivity index (χ1) is 12.5. The van der Waals surface area contributed by atoms with Crippen LogP contribution in [0.2, 0.25) is 0 Å². The SMILES string of the molecule is CCOC(=O)CC(CC(=O)Nc1ccc(Br)cn1)c1ccccc1OC. The van der Waals surface area contributed by atoms with E-state index in [1.54, 1.807) is 32.4 Å². The van der Waals surface area contributed by atoms with E-state index in [2.05, 4.69) is 26.2 Å². The van der Waals surface area contributed by atoms with Crippen LogP contribution in [-0.4, -0.2) is 30.6 Å². The molecular weight excluding hydrogens is 400 g/mol. The second-order valence-electron chi connectivity index (χ2n) is 5.56. The van der Waals surface area contributed by atoms with E-state index in [4.69, 9.17) is 9.47 Å². The number of halogens is 1. The molecule has 2 rings (SSSR count). The van der Waals surface area contributed by atoms with Crippen LogP contribution in [0.25, 0.3) is 0 Å². The molecule has 0 spiro atoms. The molecule has 1 unspecified atom stereocenters. The fraction of sp³-hybridized carbons (Fsp3) is 0.316. The van der Waals surface area contributed by atoms with Crippen molar-refractivity contribution in [2.45, 2.75) is 25.7 Å². The third-order valence-corrected chi connectivity index (χ3v) is 4.19. The van der Waals surface area contributed by atoms with Gasteiger partial charge in [-0.1, -0.05) is 18.2 Å². The summed E-state index contributed by atoms with van der Waals surface area (Å²) in [6.07, 6.45) is 1.80. The molecule has 1 N–H and O–H groups in total. The van der Waals surface area contributed by atoms with Gasteiger partial charge in [-0.15, -0.1) is 0 Å². The number of anilines is 1. The smallest absolute Gasteiger partial charge is 0.306 e. The van der Waals surface area contributed by atoms with Crippen LogP contribution in [0.4, 0.5) is 5.82 Å². The molecule has 138 valence electrons. The molecular formula is C19H21BrN2O4. The fourth-order valence-electron chi connectivity index (χ4n) is 2.58. The van der Waals surface area contributed by atoms with Crippen molar-refractivity contribution in [3.8, 4) is 5.75 Å². The highest BCUT2D eigenvalue weighted by Crippen LogP contribution is 2.32. The number of rotatable bonds is 8. The molecule has 0 bridgehead atoms. The van der Waals surface area contributed by atoms with E-state index in [9.17, 15) is 9.59 Å². The number of hydrogen-bond donors (Lipinski definition) is 1. The number of aromatic nitrogens is 1. The van der Waals surface area contributed by atoms with Crippen LogP contribution < -0.4 is 10.1 Å². The molecule has 2 aromatic rings. The second kappa shape index (κ2) is 9.91. The molecule has 1 amide bonds. The van der Waals surface area contributed by atoms with E-state index in [0.29, 0.717) is 18.2 Å². The number of nitrogens with zero attached hydrogens (tertiary/aromatic N) is 1. The van der Waals surface area contributed by atoms with Gasteiger partial charge >= 0.3 is 5.97 Å². The van der Waals surface area contributed by atoms with E-state index >= 15 is 0 Å². The molecule has 0 saturated carbocycles. The summed E-state index contributed by atoms with van der Waals surface area (Å²) in [5.41, 5.74) is 0.793. The summed E-state index contributed by atoms with van der Waals surface area (Å²) in [6, 6.07) is 10.8. The van der Waals surface area contributed by atoms with Crippen molar-refractivity contribution < 1.29 is 19.1 Å². The number of methoxy groups -OCH3 is 1. The maximum absolute atomic E-state index is 12.5. The maximum Gasteiger partial charge on any atom is 0.306 e. The largest absolute Gasteiger partial charge is 0.496 e. The monoisotopic (exact) mass is 420 g/mol. The quantitative estimate of drug-likeness (QED) is 0.654. The maximum atomic E-state index is 12.5. The van der Waals surface area contributed by atoms with Crippen LogP contribution in [0.15, 0.2) is 47.1 Å². The van der Waals surface area contributed by atoms with Crippen LogP contribution in [-0.2, 0) is 14.3 Å². The molecule has 0 aliphatic heterocycles. The number of para-hydroxylation sites is 1. The van der Waals surface area contributed by atoms with Gasteiger partial charge in [-0.3, -0.25) is 9.59 Å². The molecule has 0 saturated heterocycles. The van der Waals surface area contributed by atoms with E-state index in [1.165, 1.54) is 0 Å². The average molecular weight is 421 g/mol. The van der Waals surface area contributed by atoms with Gasteiger partial charge in [0.05, 0.1) is 20.1 Å². The number of pyridine rings is 1. The highest BCUT2D eigenvalue weighted by molar-refractivity contribution is 9.10. The average Bonchev–Trinajstić information content (AvgIpc) is 2.63. The normalized spacial score (nSPS) is 11.5. The number of nitrogens with one attached hydrogen (secondary N) is 1. The summed E-state index contributed by atoms with van der Waals surface area (Å²) in [5, 5.41) is 2.75. The zero-order valence-corrected chi connectivity index (χ0v) is 16.3. The second-order valence-corrected chi connectivity index (χ2v) is 6.48. The first-order valence-electron chi connectivity index (χ1n) is 8.23. The van der Waals surface area contributed by atoms with Crippen LogP contribution in [0.3, 0.4) is 0 Å². The van der Waals surface area contributed by atoms with Crippen molar-refractivity contribution in [2.24, 2.45) is 0 Å². The van der Waals surface area contributed by atoms with Crippen molar-refractivity contribution in [3.63, 3.8) is 0 Å². The van der Waals surface area contributed by atoms with Gasteiger partial charge in [0.1, 0.15) is 11.6 Å². The minimum atomic E-state index is -0.361. The van der Waals surface area contributed by atoms with Crippen molar-refractivity contribution >= 4 is 33.6 Å². The van der Waals surface area contributed by atoms with Gasteiger partial charge in [0.2, 0.25) is 5.91 Å². The number of hydrogen-bond acceptors (Lipinski definition) is 5. The minimum absolute atomic E-state index is 0.0927. The molecule has 1 aromatic heterocycles. The van der Waals surface area contributed by atoms with Gasteiger partial charge in [-0.05, 0) is 46.6 Å². The van der Waals surface area contributed by atoms with Crippen molar-refractivity contribution in [1.82, 2.24) is 4.98 Å². The Labute approximate surface area is 161 Å². The van der Waals surface area contributed by atoms with E-state index in [0.717, 1.165) is 10.0 Å². The minimum Gasteiger partial charge on any atom is -0.496 e. The predicted molar refractivity (Wildman–Crippen MR) is 102 cm³/mol. The Morgan fingerprint density at radius 1 is 1.19 bits per heavy atom. The number of ether oxygens (including phenoxy) is 2. The first kappa shape index (κ1) is 19.9. The fourth-order valence-corrected chi connectivity index (χ4v) is 2.82. The molecule has 1 heterocycles. The number of carbonyl (C=O) groups excluding carboxylic acids is 2. The topological polar surface area (TPSA) is 77.5 Å². The van der Waals surface area contributed by atoms with Crippen molar-refractivity contribution in [1.29, 1.82) is 0 Å². The Morgan fingerprint density at radius 2 is 1.96 bits per heavy atom. The van der Waals surface area contributed by atoms with Crippen molar-refractivity contribution in [2.75, 3.05) is 19.0 Å². The van der Waals surface area contributed by atoms with Crippen LogP contribution in [0, 0.1) is 0 Å². The standard InChI is InChI=1S/C19H21BrN2O4/c1-3-26-19(24)11-13(15-6-4-5-7-16(15)25-2)10-18(23)22-17-9-8-14(20)12-21-17/h4-9,12-13H,3,10-11H2,1-2H3,(H,21,22,23). The Hall–Kier alpha value is -2.41. The van der Waals surface area contributed by atoms with Gasteiger partial charge in [-0.2, -0.15) is 0 Å². The van der Waals surface area contributed by atoms with Gasteiger partial charge in [0, 0.05) is 23.0 Å². The Kier molecular flexibility index (Phi) is 7.59. The van der Waals surface area contributed by atoms with Gasteiger partial charge in [0.15, 0.2) is 0 Å². The summed E-state index contributed by atoms with van der Waals surface area (Å²) >= 11 is 3.30. The van der Waals surface area contributed by atoms with Gasteiger partial charge in [-0.25, -0.2) is 4.98 Å². The molecule has 0 aliphatic carbocycles. The Balaban J connectivity index is 2.16. The van der Waals surface area contributed by atoms with E-state index < -0.39 is 0 Å². The molecule has 0 aliphatic rings.